The zero-order valence-electron chi connectivity index (χ0n) is 16.2. The molecule has 158 valence electrons. The van der Waals surface area contributed by atoms with Gasteiger partial charge >= 0.3 is 5.97 Å². The Balaban J connectivity index is 2.53. The maximum Gasteiger partial charge on any atom is 0.337 e. The number of primary sulfonamides is 1. The Morgan fingerprint density at radius 2 is 1.57 bits per heavy atom. The molecule has 4 N–H and O–H groups in total. The number of aromatic carboxylic acids is 1. The first-order valence-corrected chi connectivity index (χ1v) is 11.5. The van der Waals surface area contributed by atoms with Gasteiger partial charge in [0.05, 0.1) is 16.3 Å². The number of nitrogens with one attached hydrogen (secondary N) is 1. The molecule has 0 fully saturated rings. The van der Waals surface area contributed by atoms with Gasteiger partial charge in [-0.25, -0.2) is 18.4 Å². The van der Waals surface area contributed by atoms with Gasteiger partial charge in [-0.2, -0.15) is 0 Å². The summed E-state index contributed by atoms with van der Waals surface area (Å²) in [6.45, 7) is 2.19. The molecule has 0 atom stereocenters. The summed E-state index contributed by atoms with van der Waals surface area (Å²) in [5.41, 5.74) is -0.431. The summed E-state index contributed by atoms with van der Waals surface area (Å²) >= 11 is 5.88. The molecule has 9 heteroatoms. The Kier molecular flexibility index (Phi) is 10.5. The molecule has 0 spiro atoms. The van der Waals surface area contributed by atoms with Crippen LogP contribution < -0.4 is 10.5 Å². The number of benzene rings is 1. The molecule has 0 heterocycles. The maximum absolute atomic E-state index is 12.1. The van der Waals surface area contributed by atoms with Crippen molar-refractivity contribution < 1.29 is 23.1 Å². The number of amides is 1. The highest BCUT2D eigenvalue weighted by molar-refractivity contribution is 7.89. The minimum absolute atomic E-state index is 0.0502. The number of carboxylic acid groups (broad SMARTS) is 1. The van der Waals surface area contributed by atoms with Crippen molar-refractivity contribution in [1.29, 1.82) is 0 Å². The second kappa shape index (κ2) is 12.0. The van der Waals surface area contributed by atoms with Crippen LogP contribution in [0.15, 0.2) is 17.0 Å². The van der Waals surface area contributed by atoms with Gasteiger partial charge < -0.3 is 10.4 Å². The minimum Gasteiger partial charge on any atom is -0.478 e. The minimum atomic E-state index is -4.17. The van der Waals surface area contributed by atoms with Crippen LogP contribution in [0, 0.1) is 0 Å². The predicted octanol–water partition coefficient (Wildman–Crippen LogP) is 4.55. The number of nitrogens with two attached hydrogens (primary N) is 1. The van der Waals surface area contributed by atoms with E-state index in [0.717, 1.165) is 31.4 Å². The van der Waals surface area contributed by atoms with Crippen LogP contribution in [0.25, 0.3) is 0 Å². The second-order valence-electron chi connectivity index (χ2n) is 6.80. The zero-order chi connectivity index (χ0) is 21.2. The van der Waals surface area contributed by atoms with Gasteiger partial charge in [0, 0.05) is 6.42 Å². The standard InChI is InChI=1S/C19H29ClN2O5S/c1-2-3-4-5-6-7-8-9-10-11-18(23)22-16-13-15(20)17(28(21,26)27)12-14(16)19(24)25/h12-13H,2-11H2,1H3,(H,22,23)(H,24,25)(H2,21,26,27). The summed E-state index contributed by atoms with van der Waals surface area (Å²) in [6, 6.07) is 1.95. The number of hydrogen-bond acceptors (Lipinski definition) is 4. The van der Waals surface area contributed by atoms with Gasteiger partial charge in [-0.3, -0.25) is 4.79 Å². The number of carbonyl (C=O) groups is 2. The first-order chi connectivity index (χ1) is 13.2. The van der Waals surface area contributed by atoms with Gasteiger partial charge in [0.2, 0.25) is 15.9 Å². The van der Waals surface area contributed by atoms with Gasteiger partial charge in [0.15, 0.2) is 0 Å². The summed E-state index contributed by atoms with van der Waals surface area (Å²) < 4.78 is 23.0. The highest BCUT2D eigenvalue weighted by Crippen LogP contribution is 2.28. The summed E-state index contributed by atoms with van der Waals surface area (Å²) in [5, 5.41) is 16.6. The molecule has 0 unspecified atom stereocenters. The van der Waals surface area contributed by atoms with E-state index in [1.807, 2.05) is 0 Å². The summed E-state index contributed by atoms with van der Waals surface area (Å²) in [6.07, 6.45) is 10.3. The first-order valence-electron chi connectivity index (χ1n) is 9.56. The molecule has 7 nitrogen and oxygen atoms in total. The average Bonchev–Trinajstić information content (AvgIpc) is 2.59. The zero-order valence-corrected chi connectivity index (χ0v) is 17.7. The second-order valence-corrected chi connectivity index (χ2v) is 8.74. The molecular formula is C19H29ClN2O5S. The van der Waals surface area contributed by atoms with Gasteiger partial charge in [-0.1, -0.05) is 69.9 Å². The Morgan fingerprint density at radius 3 is 2.07 bits per heavy atom. The number of sulfonamides is 1. The molecule has 0 aliphatic carbocycles. The van der Waals surface area contributed by atoms with Gasteiger partial charge in [0.25, 0.3) is 0 Å². The van der Waals surface area contributed by atoms with Crippen LogP contribution >= 0.6 is 11.6 Å². The van der Waals surface area contributed by atoms with E-state index in [0.29, 0.717) is 6.42 Å². The van der Waals surface area contributed by atoms with Crippen molar-refractivity contribution in [1.82, 2.24) is 0 Å². The van der Waals surface area contributed by atoms with E-state index in [9.17, 15) is 23.1 Å². The Hall–Kier alpha value is -1.64. The van der Waals surface area contributed by atoms with Crippen LogP contribution in [-0.4, -0.2) is 25.4 Å². The number of carboxylic acids is 1. The van der Waals surface area contributed by atoms with Crippen molar-refractivity contribution in [3.05, 3.63) is 22.7 Å². The topological polar surface area (TPSA) is 127 Å². The van der Waals surface area contributed by atoms with Crippen LogP contribution in [0.1, 0.15) is 81.5 Å². The Morgan fingerprint density at radius 1 is 1.04 bits per heavy atom. The van der Waals surface area contributed by atoms with E-state index in [1.54, 1.807) is 0 Å². The van der Waals surface area contributed by atoms with Gasteiger partial charge in [-0.05, 0) is 18.6 Å². The number of unbranched alkanes of at least 4 members (excludes halogenated alkanes) is 8. The van der Waals surface area contributed by atoms with E-state index in [-0.39, 0.29) is 28.6 Å². The van der Waals surface area contributed by atoms with Crippen molar-refractivity contribution in [3.63, 3.8) is 0 Å². The number of hydrogen-bond donors (Lipinski definition) is 3. The fourth-order valence-electron chi connectivity index (χ4n) is 2.86. The molecule has 1 rings (SSSR count). The molecule has 0 aromatic heterocycles. The van der Waals surface area contributed by atoms with Crippen LogP contribution in [0.5, 0.6) is 0 Å². The van der Waals surface area contributed by atoms with Crippen molar-refractivity contribution in [3.8, 4) is 0 Å². The van der Waals surface area contributed by atoms with E-state index in [4.69, 9.17) is 16.7 Å². The smallest absolute Gasteiger partial charge is 0.337 e. The third kappa shape index (κ3) is 8.58. The first kappa shape index (κ1) is 24.4. The lowest BCUT2D eigenvalue weighted by molar-refractivity contribution is -0.116. The van der Waals surface area contributed by atoms with Crippen molar-refractivity contribution in [2.24, 2.45) is 5.14 Å². The van der Waals surface area contributed by atoms with E-state index in [2.05, 4.69) is 12.2 Å². The predicted molar refractivity (Wildman–Crippen MR) is 110 cm³/mol. The number of anilines is 1. The number of halogens is 1. The molecule has 0 aliphatic heterocycles. The van der Waals surface area contributed by atoms with Crippen LogP contribution in [-0.2, 0) is 14.8 Å². The number of carbonyl (C=O) groups excluding carboxylic acids is 1. The summed E-state index contributed by atoms with van der Waals surface area (Å²) in [4.78, 5) is 23.0. The molecule has 28 heavy (non-hydrogen) atoms. The largest absolute Gasteiger partial charge is 0.478 e. The van der Waals surface area contributed by atoms with Crippen molar-refractivity contribution in [2.45, 2.75) is 76.0 Å². The fraction of sp³-hybridized carbons (Fsp3) is 0.579. The van der Waals surface area contributed by atoms with E-state index in [1.165, 1.54) is 32.1 Å². The molecule has 1 aromatic rings. The lowest BCUT2D eigenvalue weighted by Crippen LogP contribution is -2.17. The Bertz CT molecular complexity index is 781. The molecule has 1 aromatic carbocycles. The Labute approximate surface area is 171 Å². The lowest BCUT2D eigenvalue weighted by atomic mass is 10.1. The van der Waals surface area contributed by atoms with E-state index < -0.39 is 20.9 Å². The van der Waals surface area contributed by atoms with Crippen LogP contribution in [0.3, 0.4) is 0 Å². The highest BCUT2D eigenvalue weighted by atomic mass is 35.5. The fourth-order valence-corrected chi connectivity index (χ4v) is 3.96. The molecule has 1 amide bonds. The average molecular weight is 433 g/mol. The third-order valence-corrected chi connectivity index (χ3v) is 5.77. The molecule has 0 bridgehead atoms. The van der Waals surface area contributed by atoms with Gasteiger partial charge in [0.1, 0.15) is 4.90 Å². The summed E-state index contributed by atoms with van der Waals surface area (Å²) in [7, 11) is -4.17. The third-order valence-electron chi connectivity index (χ3n) is 4.39. The molecule has 0 radical (unpaired) electrons. The molecule has 0 aliphatic rings. The summed E-state index contributed by atoms with van der Waals surface area (Å²) in [5.74, 6) is -1.73. The van der Waals surface area contributed by atoms with E-state index >= 15 is 0 Å². The quantitative estimate of drug-likeness (QED) is 0.394. The lowest BCUT2D eigenvalue weighted by Gasteiger charge is -2.11. The molecule has 0 saturated heterocycles. The van der Waals surface area contributed by atoms with Crippen LogP contribution in [0.2, 0.25) is 5.02 Å². The van der Waals surface area contributed by atoms with Crippen molar-refractivity contribution in [2.75, 3.05) is 5.32 Å². The van der Waals surface area contributed by atoms with Crippen LogP contribution in [0.4, 0.5) is 5.69 Å². The number of rotatable bonds is 13. The SMILES string of the molecule is CCCCCCCCCCCC(=O)Nc1cc(Cl)c(S(N)(=O)=O)cc1C(=O)O. The van der Waals surface area contributed by atoms with Gasteiger partial charge in [-0.15, -0.1) is 0 Å². The monoisotopic (exact) mass is 432 g/mol. The van der Waals surface area contributed by atoms with Crippen molar-refractivity contribution >= 4 is 39.2 Å². The maximum atomic E-state index is 12.1. The molecule has 0 saturated carbocycles. The normalized spacial score (nSPS) is 11.4. The molecular weight excluding hydrogens is 404 g/mol. The highest BCUT2D eigenvalue weighted by Gasteiger charge is 2.21.